The minimum atomic E-state index is -3.80. The summed E-state index contributed by atoms with van der Waals surface area (Å²) in [6.07, 6.45) is 1.34. The van der Waals surface area contributed by atoms with E-state index < -0.39 is 16.0 Å². The Kier molecular flexibility index (Phi) is 4.48. The summed E-state index contributed by atoms with van der Waals surface area (Å²) in [5.41, 5.74) is 0.459. The van der Waals surface area contributed by atoms with Gasteiger partial charge >= 0.3 is 5.97 Å². The van der Waals surface area contributed by atoms with Crippen LogP contribution in [0.1, 0.15) is 35.0 Å². The highest BCUT2D eigenvalue weighted by Gasteiger charge is 2.35. The number of thiophene rings is 1. The van der Waals surface area contributed by atoms with Crippen molar-refractivity contribution in [3.63, 3.8) is 0 Å². The summed E-state index contributed by atoms with van der Waals surface area (Å²) < 4.78 is 32.5. The molecule has 0 aromatic carbocycles. The number of carbonyl (C=O) groups is 1. The van der Waals surface area contributed by atoms with Gasteiger partial charge in [-0.15, -0.1) is 11.3 Å². The molecule has 20 heavy (non-hydrogen) atoms. The summed E-state index contributed by atoms with van der Waals surface area (Å²) in [6, 6.07) is -0.183. The van der Waals surface area contributed by atoms with Gasteiger partial charge in [0.15, 0.2) is 0 Å². The molecule has 1 heterocycles. The fourth-order valence-electron chi connectivity index (χ4n) is 2.23. The quantitative estimate of drug-likeness (QED) is 0.831. The zero-order valence-corrected chi connectivity index (χ0v) is 12.9. The Morgan fingerprint density at radius 1 is 1.55 bits per heavy atom. The van der Waals surface area contributed by atoms with Crippen molar-refractivity contribution >= 4 is 27.3 Å². The molecule has 0 bridgehead atoms. The van der Waals surface area contributed by atoms with Crippen LogP contribution in [0.5, 0.6) is 0 Å². The molecule has 1 aromatic heterocycles. The normalized spacial score (nSPS) is 22.5. The van der Waals surface area contributed by atoms with Crippen molar-refractivity contribution in [2.75, 3.05) is 6.61 Å². The third-order valence-corrected chi connectivity index (χ3v) is 6.12. The number of nitrogens with one attached hydrogen (secondary N) is 1. The summed E-state index contributed by atoms with van der Waals surface area (Å²) in [7, 11) is -3.80. The van der Waals surface area contributed by atoms with Crippen LogP contribution < -0.4 is 4.72 Å². The highest BCUT2D eigenvalue weighted by molar-refractivity contribution is 7.89. The molecule has 1 saturated carbocycles. The first-order valence-electron chi connectivity index (χ1n) is 6.30. The number of aromatic carboxylic acids is 1. The molecule has 0 radical (unpaired) electrons. The predicted octanol–water partition coefficient (Wildman–Crippen LogP) is 1.60. The fraction of sp³-hybridized carbons (Fsp3) is 0.583. The first-order chi connectivity index (χ1) is 9.35. The van der Waals surface area contributed by atoms with Crippen molar-refractivity contribution in [1.82, 2.24) is 4.72 Å². The number of hydrogen-bond donors (Lipinski definition) is 2. The lowest BCUT2D eigenvalue weighted by atomic mass is 9.90. The van der Waals surface area contributed by atoms with Crippen molar-refractivity contribution in [1.29, 1.82) is 0 Å². The first-order valence-corrected chi connectivity index (χ1v) is 8.66. The molecule has 1 aliphatic rings. The molecule has 112 valence electrons. The van der Waals surface area contributed by atoms with E-state index in [1.54, 1.807) is 12.3 Å². The van der Waals surface area contributed by atoms with E-state index in [0.717, 1.165) is 11.3 Å². The van der Waals surface area contributed by atoms with Gasteiger partial charge in [-0.25, -0.2) is 17.9 Å². The SMILES string of the molecule is CCOC1CC(NS(=O)(=O)c2c(C)csc2C(=O)O)C1. The average molecular weight is 319 g/mol. The molecule has 6 nitrogen and oxygen atoms in total. The Hall–Kier alpha value is -0.960. The van der Waals surface area contributed by atoms with E-state index in [1.165, 1.54) is 0 Å². The fourth-order valence-corrected chi connectivity index (χ4v) is 5.12. The van der Waals surface area contributed by atoms with Gasteiger partial charge in [0.05, 0.1) is 6.10 Å². The maximum Gasteiger partial charge on any atom is 0.347 e. The Morgan fingerprint density at radius 2 is 2.20 bits per heavy atom. The lowest BCUT2D eigenvalue weighted by molar-refractivity contribution is -0.00477. The first kappa shape index (κ1) is 15.4. The van der Waals surface area contributed by atoms with Crippen LogP contribution in [0.4, 0.5) is 0 Å². The number of carboxylic acids is 1. The van der Waals surface area contributed by atoms with Gasteiger partial charge in [-0.3, -0.25) is 0 Å². The van der Waals surface area contributed by atoms with Crippen molar-refractivity contribution in [2.24, 2.45) is 0 Å². The molecule has 0 amide bonds. The number of ether oxygens (including phenoxy) is 1. The van der Waals surface area contributed by atoms with Gasteiger partial charge in [-0.05, 0) is 37.6 Å². The second kappa shape index (κ2) is 5.80. The topological polar surface area (TPSA) is 92.7 Å². The number of carboxylic acid groups (broad SMARTS) is 1. The number of aryl methyl sites for hydroxylation is 1. The van der Waals surface area contributed by atoms with Gasteiger partial charge in [-0.2, -0.15) is 0 Å². The highest BCUT2D eigenvalue weighted by atomic mass is 32.2. The van der Waals surface area contributed by atoms with Gasteiger partial charge in [0.2, 0.25) is 10.0 Å². The van der Waals surface area contributed by atoms with E-state index in [4.69, 9.17) is 9.84 Å². The van der Waals surface area contributed by atoms with Crippen LogP contribution in [0.15, 0.2) is 10.3 Å². The van der Waals surface area contributed by atoms with Gasteiger partial charge < -0.3 is 9.84 Å². The third kappa shape index (κ3) is 3.03. The Bertz CT molecular complexity index is 601. The largest absolute Gasteiger partial charge is 0.477 e. The maximum absolute atomic E-state index is 12.3. The number of hydrogen-bond acceptors (Lipinski definition) is 5. The molecule has 1 aliphatic carbocycles. The Balaban J connectivity index is 2.12. The van der Waals surface area contributed by atoms with Crippen LogP contribution in [-0.2, 0) is 14.8 Å². The van der Waals surface area contributed by atoms with Crippen LogP contribution in [0.2, 0.25) is 0 Å². The molecule has 8 heteroatoms. The van der Waals surface area contributed by atoms with E-state index in [2.05, 4.69) is 4.72 Å². The minimum absolute atomic E-state index is 0.0928. The summed E-state index contributed by atoms with van der Waals surface area (Å²) in [4.78, 5) is 10.8. The van der Waals surface area contributed by atoms with E-state index in [1.807, 2.05) is 6.92 Å². The molecule has 0 unspecified atom stereocenters. The van der Waals surface area contributed by atoms with Crippen LogP contribution in [0.25, 0.3) is 0 Å². The Morgan fingerprint density at radius 3 is 2.75 bits per heavy atom. The van der Waals surface area contributed by atoms with Crippen LogP contribution in [-0.4, -0.2) is 38.2 Å². The second-order valence-corrected chi connectivity index (χ2v) is 7.28. The van der Waals surface area contributed by atoms with Crippen molar-refractivity contribution in [3.05, 3.63) is 15.8 Å². The molecule has 0 atom stereocenters. The molecular formula is C12H17NO5S2. The van der Waals surface area contributed by atoms with Crippen LogP contribution >= 0.6 is 11.3 Å². The standard InChI is InChI=1S/C12H17NO5S2/c1-3-18-9-4-8(5-9)13-20(16,17)11-7(2)6-19-10(11)12(14)15/h6,8-9,13H,3-5H2,1-2H3,(H,14,15). The molecule has 0 aliphatic heterocycles. The smallest absolute Gasteiger partial charge is 0.347 e. The minimum Gasteiger partial charge on any atom is -0.477 e. The molecule has 0 spiro atoms. The van der Waals surface area contributed by atoms with Crippen molar-refractivity contribution in [2.45, 2.75) is 43.7 Å². The summed E-state index contributed by atoms with van der Waals surface area (Å²) in [5.74, 6) is -1.22. The molecule has 0 saturated heterocycles. The third-order valence-electron chi connectivity index (χ3n) is 3.20. The average Bonchev–Trinajstić information content (AvgIpc) is 2.69. The molecule has 1 aromatic rings. The van der Waals surface area contributed by atoms with E-state index in [0.29, 0.717) is 25.0 Å². The van der Waals surface area contributed by atoms with E-state index in [9.17, 15) is 13.2 Å². The zero-order valence-electron chi connectivity index (χ0n) is 11.3. The predicted molar refractivity (Wildman–Crippen MR) is 74.8 cm³/mol. The molecule has 1 fully saturated rings. The van der Waals surface area contributed by atoms with Gasteiger partial charge in [0, 0.05) is 12.6 Å². The molecule has 2 N–H and O–H groups in total. The van der Waals surface area contributed by atoms with Gasteiger partial charge in [0.25, 0.3) is 0 Å². The lowest BCUT2D eigenvalue weighted by Crippen LogP contribution is -2.47. The molecule has 2 rings (SSSR count). The Labute approximate surface area is 121 Å². The number of sulfonamides is 1. The summed E-state index contributed by atoms with van der Waals surface area (Å²) in [6.45, 7) is 4.10. The van der Waals surface area contributed by atoms with Crippen LogP contribution in [0, 0.1) is 6.92 Å². The van der Waals surface area contributed by atoms with E-state index >= 15 is 0 Å². The monoisotopic (exact) mass is 319 g/mol. The highest BCUT2D eigenvalue weighted by Crippen LogP contribution is 2.30. The van der Waals surface area contributed by atoms with Crippen molar-refractivity contribution < 1.29 is 23.1 Å². The van der Waals surface area contributed by atoms with Crippen molar-refractivity contribution in [3.8, 4) is 0 Å². The summed E-state index contributed by atoms with van der Waals surface area (Å²) in [5, 5.41) is 10.6. The number of rotatable bonds is 6. The summed E-state index contributed by atoms with van der Waals surface area (Å²) >= 11 is 0.929. The maximum atomic E-state index is 12.3. The zero-order chi connectivity index (χ0) is 14.9. The van der Waals surface area contributed by atoms with Gasteiger partial charge in [0.1, 0.15) is 9.77 Å². The van der Waals surface area contributed by atoms with E-state index in [-0.39, 0.29) is 21.9 Å². The van der Waals surface area contributed by atoms with Crippen LogP contribution in [0.3, 0.4) is 0 Å². The second-order valence-electron chi connectivity index (χ2n) is 4.75. The molecular weight excluding hydrogens is 302 g/mol. The van der Waals surface area contributed by atoms with Gasteiger partial charge in [-0.1, -0.05) is 0 Å². The lowest BCUT2D eigenvalue weighted by Gasteiger charge is -2.35.